The van der Waals surface area contributed by atoms with Crippen molar-refractivity contribution in [2.24, 2.45) is 0 Å². The van der Waals surface area contributed by atoms with Gasteiger partial charge in [-0.25, -0.2) is 4.98 Å². The van der Waals surface area contributed by atoms with Crippen LogP contribution >= 0.6 is 11.6 Å². The molecular weight excluding hydrogens is 236 g/mol. The minimum absolute atomic E-state index is 0.463. The highest BCUT2D eigenvalue weighted by molar-refractivity contribution is 6.31. The van der Waals surface area contributed by atoms with Crippen LogP contribution in [0.4, 0.5) is 0 Å². The molecule has 0 bridgehead atoms. The first kappa shape index (κ1) is 12.1. The molecule has 1 heterocycles. The molecule has 0 spiro atoms. The van der Waals surface area contributed by atoms with E-state index in [0.29, 0.717) is 11.6 Å². The fraction of sp³-hybridized carbons (Fsp3) is 0.308. The van der Waals surface area contributed by atoms with E-state index in [4.69, 9.17) is 11.6 Å². The largest absolute Gasteiger partial charge is 0.386 e. The SMILES string of the molecule is CCc1ccc(C(O)Cn2ccnc2)c(Cl)c1. The summed E-state index contributed by atoms with van der Waals surface area (Å²) in [4.78, 5) is 3.94. The van der Waals surface area contributed by atoms with Gasteiger partial charge < -0.3 is 9.67 Å². The maximum Gasteiger partial charge on any atom is 0.0983 e. The van der Waals surface area contributed by atoms with Crippen LogP contribution < -0.4 is 0 Å². The Morgan fingerprint density at radius 2 is 2.29 bits per heavy atom. The molecule has 1 atom stereocenters. The molecule has 3 nitrogen and oxygen atoms in total. The molecule has 2 rings (SSSR count). The zero-order chi connectivity index (χ0) is 12.3. The van der Waals surface area contributed by atoms with E-state index < -0.39 is 6.10 Å². The van der Waals surface area contributed by atoms with Crippen LogP contribution in [0.2, 0.25) is 5.02 Å². The van der Waals surface area contributed by atoms with Crippen molar-refractivity contribution >= 4 is 11.6 Å². The Bertz CT molecular complexity index is 482. The molecule has 0 saturated carbocycles. The summed E-state index contributed by atoms with van der Waals surface area (Å²) >= 11 is 6.16. The van der Waals surface area contributed by atoms with Gasteiger partial charge in [0, 0.05) is 23.0 Å². The Balaban J connectivity index is 2.16. The summed E-state index contributed by atoms with van der Waals surface area (Å²) in [5.74, 6) is 0. The van der Waals surface area contributed by atoms with Gasteiger partial charge in [0.25, 0.3) is 0 Å². The van der Waals surface area contributed by atoms with Crippen LogP contribution in [-0.2, 0) is 13.0 Å². The monoisotopic (exact) mass is 250 g/mol. The van der Waals surface area contributed by atoms with Crippen LogP contribution in [0, 0.1) is 0 Å². The Labute approximate surface area is 106 Å². The zero-order valence-electron chi connectivity index (χ0n) is 9.68. The molecule has 0 aliphatic heterocycles. The number of hydrogen-bond acceptors (Lipinski definition) is 2. The molecule has 0 saturated heterocycles. The third-order valence-electron chi connectivity index (χ3n) is 2.78. The van der Waals surface area contributed by atoms with Crippen LogP contribution in [0.1, 0.15) is 24.2 Å². The highest BCUT2D eigenvalue weighted by Crippen LogP contribution is 2.25. The molecule has 4 heteroatoms. The van der Waals surface area contributed by atoms with Gasteiger partial charge in [-0.15, -0.1) is 0 Å². The van der Waals surface area contributed by atoms with Crippen molar-refractivity contribution in [3.05, 3.63) is 53.1 Å². The van der Waals surface area contributed by atoms with Gasteiger partial charge in [-0.05, 0) is 18.1 Å². The van der Waals surface area contributed by atoms with Crippen molar-refractivity contribution in [1.82, 2.24) is 9.55 Å². The number of aliphatic hydroxyl groups excluding tert-OH is 1. The van der Waals surface area contributed by atoms with Gasteiger partial charge in [0.2, 0.25) is 0 Å². The maximum absolute atomic E-state index is 10.1. The molecule has 1 N–H and O–H groups in total. The molecule has 0 amide bonds. The number of halogens is 1. The summed E-state index contributed by atoms with van der Waals surface area (Å²) in [7, 11) is 0. The maximum atomic E-state index is 10.1. The Kier molecular flexibility index (Phi) is 3.82. The number of nitrogens with zero attached hydrogens (tertiary/aromatic N) is 2. The summed E-state index contributed by atoms with van der Waals surface area (Å²) < 4.78 is 1.83. The lowest BCUT2D eigenvalue weighted by Gasteiger charge is -2.14. The summed E-state index contributed by atoms with van der Waals surface area (Å²) in [6.07, 6.45) is 5.52. The van der Waals surface area contributed by atoms with Crippen molar-refractivity contribution in [1.29, 1.82) is 0 Å². The molecule has 90 valence electrons. The molecule has 0 radical (unpaired) electrons. The van der Waals surface area contributed by atoms with Gasteiger partial charge in [0.05, 0.1) is 19.0 Å². The van der Waals surface area contributed by atoms with Gasteiger partial charge in [-0.1, -0.05) is 30.7 Å². The van der Waals surface area contributed by atoms with Gasteiger partial charge in [0.15, 0.2) is 0 Å². The number of imidazole rings is 1. The fourth-order valence-corrected chi connectivity index (χ4v) is 2.08. The first-order valence-corrected chi connectivity index (χ1v) is 6.00. The van der Waals surface area contributed by atoms with E-state index >= 15 is 0 Å². The third kappa shape index (κ3) is 2.87. The lowest BCUT2D eigenvalue weighted by molar-refractivity contribution is 0.156. The summed E-state index contributed by atoms with van der Waals surface area (Å²) in [6, 6.07) is 5.80. The normalized spacial score (nSPS) is 12.6. The van der Waals surface area contributed by atoms with Gasteiger partial charge in [-0.3, -0.25) is 0 Å². The first-order chi connectivity index (χ1) is 8.20. The van der Waals surface area contributed by atoms with E-state index in [1.54, 1.807) is 12.5 Å². The van der Waals surface area contributed by atoms with Gasteiger partial charge in [0.1, 0.15) is 0 Å². The topological polar surface area (TPSA) is 38.0 Å². The fourth-order valence-electron chi connectivity index (χ4n) is 1.75. The van der Waals surface area contributed by atoms with Gasteiger partial charge in [-0.2, -0.15) is 0 Å². The van der Waals surface area contributed by atoms with Crippen LogP contribution in [0.15, 0.2) is 36.9 Å². The summed E-state index contributed by atoms with van der Waals surface area (Å²) in [5.41, 5.74) is 1.94. The lowest BCUT2D eigenvalue weighted by atomic mass is 10.1. The predicted molar refractivity (Wildman–Crippen MR) is 68.0 cm³/mol. The second-order valence-corrected chi connectivity index (χ2v) is 4.39. The average Bonchev–Trinajstić information content (AvgIpc) is 2.81. The van der Waals surface area contributed by atoms with E-state index in [-0.39, 0.29) is 0 Å². The predicted octanol–water partition coefficient (Wildman–Crippen LogP) is 2.83. The first-order valence-electron chi connectivity index (χ1n) is 5.63. The van der Waals surface area contributed by atoms with Crippen molar-refractivity contribution < 1.29 is 5.11 Å². The minimum Gasteiger partial charge on any atom is -0.386 e. The number of aliphatic hydroxyl groups is 1. The molecule has 2 aromatic rings. The third-order valence-corrected chi connectivity index (χ3v) is 3.10. The molecule has 17 heavy (non-hydrogen) atoms. The number of aryl methyl sites for hydroxylation is 1. The Morgan fingerprint density at radius 3 is 2.88 bits per heavy atom. The highest BCUT2D eigenvalue weighted by Gasteiger charge is 2.12. The van der Waals surface area contributed by atoms with Crippen LogP contribution in [0.25, 0.3) is 0 Å². The van der Waals surface area contributed by atoms with Gasteiger partial charge >= 0.3 is 0 Å². The van der Waals surface area contributed by atoms with Crippen molar-refractivity contribution in [2.75, 3.05) is 0 Å². The van der Waals surface area contributed by atoms with Crippen molar-refractivity contribution in [3.63, 3.8) is 0 Å². The molecule has 0 fully saturated rings. The van der Waals surface area contributed by atoms with Crippen LogP contribution in [-0.4, -0.2) is 14.7 Å². The van der Waals surface area contributed by atoms with Crippen LogP contribution in [0.5, 0.6) is 0 Å². The van der Waals surface area contributed by atoms with Crippen molar-refractivity contribution in [3.8, 4) is 0 Å². The zero-order valence-corrected chi connectivity index (χ0v) is 10.4. The smallest absolute Gasteiger partial charge is 0.0983 e. The molecular formula is C13H15ClN2O. The van der Waals surface area contributed by atoms with E-state index in [1.807, 2.05) is 29.0 Å². The summed E-state index contributed by atoms with van der Waals surface area (Å²) in [6.45, 7) is 2.54. The molecule has 0 aliphatic carbocycles. The molecule has 0 aliphatic rings. The standard InChI is InChI=1S/C13H15ClN2O/c1-2-10-3-4-11(12(14)7-10)13(17)8-16-6-5-15-9-16/h3-7,9,13,17H,2,8H2,1H3. The van der Waals surface area contributed by atoms with E-state index in [1.165, 1.54) is 5.56 Å². The lowest BCUT2D eigenvalue weighted by Crippen LogP contribution is -2.07. The number of aromatic nitrogens is 2. The van der Waals surface area contributed by atoms with Crippen LogP contribution in [0.3, 0.4) is 0 Å². The number of benzene rings is 1. The highest BCUT2D eigenvalue weighted by atomic mass is 35.5. The minimum atomic E-state index is -0.609. The van der Waals surface area contributed by atoms with E-state index in [0.717, 1.165) is 12.0 Å². The second kappa shape index (κ2) is 5.34. The quantitative estimate of drug-likeness (QED) is 0.906. The molecule has 1 unspecified atom stereocenters. The molecule has 1 aromatic heterocycles. The number of hydrogen-bond donors (Lipinski definition) is 1. The molecule has 1 aromatic carbocycles. The Hall–Kier alpha value is -1.32. The second-order valence-electron chi connectivity index (χ2n) is 3.98. The Morgan fingerprint density at radius 1 is 1.47 bits per heavy atom. The number of rotatable bonds is 4. The van der Waals surface area contributed by atoms with Crippen molar-refractivity contribution in [2.45, 2.75) is 26.0 Å². The van der Waals surface area contributed by atoms with E-state index in [9.17, 15) is 5.11 Å². The van der Waals surface area contributed by atoms with E-state index in [2.05, 4.69) is 11.9 Å². The summed E-state index contributed by atoms with van der Waals surface area (Å²) in [5, 5.41) is 10.7. The average molecular weight is 251 g/mol.